The van der Waals surface area contributed by atoms with Crippen LogP contribution in [-0.4, -0.2) is 30.9 Å². The van der Waals surface area contributed by atoms with Crippen LogP contribution in [-0.2, 0) is 6.54 Å². The quantitative estimate of drug-likeness (QED) is 0.587. The van der Waals surface area contributed by atoms with E-state index in [4.69, 9.17) is 5.11 Å². The van der Waals surface area contributed by atoms with Gasteiger partial charge in [0.2, 0.25) is 0 Å². The number of fused-ring (bicyclic) bond motifs is 1. The Morgan fingerprint density at radius 1 is 1.04 bits per heavy atom. The van der Waals surface area contributed by atoms with Gasteiger partial charge in [0, 0.05) is 18.3 Å². The Kier molecular flexibility index (Phi) is 4.03. The minimum atomic E-state index is -1.12. The van der Waals surface area contributed by atoms with Crippen molar-refractivity contribution in [2.75, 3.05) is 5.32 Å². The molecular weight excluding hydrogens is 330 g/mol. The standard InChI is InChI=1S/C19H15N5O2/c25-19(26)24-12-15(10-22-24)14-6-7-16-17(8-14)20-11-18(23-16)21-9-13-4-2-1-3-5-13/h1-8,10-12H,9H2,(H,21,23)(H,25,26). The van der Waals surface area contributed by atoms with E-state index in [1.54, 1.807) is 6.20 Å². The Balaban J connectivity index is 1.56. The summed E-state index contributed by atoms with van der Waals surface area (Å²) in [7, 11) is 0. The lowest BCUT2D eigenvalue weighted by molar-refractivity contribution is 0.192. The van der Waals surface area contributed by atoms with Gasteiger partial charge in [-0.15, -0.1) is 0 Å². The van der Waals surface area contributed by atoms with Crippen LogP contribution in [0.5, 0.6) is 0 Å². The summed E-state index contributed by atoms with van der Waals surface area (Å²) >= 11 is 0. The van der Waals surface area contributed by atoms with Crippen LogP contribution in [0.4, 0.5) is 10.6 Å². The fourth-order valence-corrected chi connectivity index (χ4v) is 2.64. The normalized spacial score (nSPS) is 10.8. The first kappa shape index (κ1) is 15.8. The molecule has 26 heavy (non-hydrogen) atoms. The smallest absolute Gasteiger partial charge is 0.432 e. The molecule has 0 saturated heterocycles. The lowest BCUT2D eigenvalue weighted by Gasteiger charge is -2.07. The summed E-state index contributed by atoms with van der Waals surface area (Å²) in [6.45, 7) is 0.674. The minimum Gasteiger partial charge on any atom is -0.463 e. The van der Waals surface area contributed by atoms with Crippen molar-refractivity contribution in [1.82, 2.24) is 19.7 Å². The minimum absolute atomic E-state index is 0.674. The van der Waals surface area contributed by atoms with Gasteiger partial charge in [0.15, 0.2) is 0 Å². The highest BCUT2D eigenvalue weighted by Crippen LogP contribution is 2.23. The van der Waals surface area contributed by atoms with E-state index in [-0.39, 0.29) is 0 Å². The van der Waals surface area contributed by atoms with Crippen LogP contribution in [0.1, 0.15) is 5.56 Å². The maximum atomic E-state index is 10.9. The summed E-state index contributed by atoms with van der Waals surface area (Å²) in [5.74, 6) is 0.702. The molecule has 0 spiro atoms. The molecule has 0 atom stereocenters. The number of carbonyl (C=O) groups is 1. The molecule has 7 heteroatoms. The summed E-state index contributed by atoms with van der Waals surface area (Å²) in [6.07, 6.45) is 3.55. The summed E-state index contributed by atoms with van der Waals surface area (Å²) in [6, 6.07) is 15.7. The molecule has 2 aromatic heterocycles. The fourth-order valence-electron chi connectivity index (χ4n) is 2.64. The van der Waals surface area contributed by atoms with Gasteiger partial charge in [-0.05, 0) is 23.3 Å². The molecule has 0 aliphatic carbocycles. The molecule has 0 amide bonds. The molecule has 0 aliphatic heterocycles. The Morgan fingerprint density at radius 2 is 1.88 bits per heavy atom. The van der Waals surface area contributed by atoms with Gasteiger partial charge in [0.05, 0.1) is 23.4 Å². The van der Waals surface area contributed by atoms with E-state index in [9.17, 15) is 4.79 Å². The van der Waals surface area contributed by atoms with Crippen molar-refractivity contribution in [2.24, 2.45) is 0 Å². The number of benzene rings is 2. The number of rotatable bonds is 4. The van der Waals surface area contributed by atoms with Gasteiger partial charge in [0.1, 0.15) is 5.82 Å². The molecule has 0 saturated carbocycles. The zero-order chi connectivity index (χ0) is 17.9. The Morgan fingerprint density at radius 3 is 2.65 bits per heavy atom. The molecule has 128 valence electrons. The van der Waals surface area contributed by atoms with Gasteiger partial charge in [-0.2, -0.15) is 9.78 Å². The predicted molar refractivity (Wildman–Crippen MR) is 98.0 cm³/mol. The average Bonchev–Trinajstić information content (AvgIpc) is 3.17. The lowest BCUT2D eigenvalue weighted by atomic mass is 10.1. The van der Waals surface area contributed by atoms with Crippen LogP contribution < -0.4 is 5.32 Å². The molecule has 2 aromatic carbocycles. The molecule has 2 heterocycles. The third-order valence-electron chi connectivity index (χ3n) is 3.97. The Labute approximate surface area is 149 Å². The van der Waals surface area contributed by atoms with E-state index < -0.39 is 6.09 Å². The second-order valence-electron chi connectivity index (χ2n) is 5.75. The van der Waals surface area contributed by atoms with Crippen molar-refractivity contribution < 1.29 is 9.90 Å². The molecule has 0 radical (unpaired) electrons. The lowest BCUT2D eigenvalue weighted by Crippen LogP contribution is -2.07. The molecule has 0 bridgehead atoms. The second kappa shape index (κ2) is 6.64. The maximum absolute atomic E-state index is 10.9. The van der Waals surface area contributed by atoms with Crippen molar-refractivity contribution in [2.45, 2.75) is 6.54 Å². The third-order valence-corrected chi connectivity index (χ3v) is 3.97. The van der Waals surface area contributed by atoms with Crippen molar-refractivity contribution in [1.29, 1.82) is 0 Å². The number of aromatic nitrogens is 4. The number of anilines is 1. The van der Waals surface area contributed by atoms with E-state index in [0.29, 0.717) is 17.9 Å². The maximum Gasteiger partial charge on any atom is 0.432 e. The fraction of sp³-hybridized carbons (Fsp3) is 0.0526. The van der Waals surface area contributed by atoms with Crippen LogP contribution >= 0.6 is 0 Å². The van der Waals surface area contributed by atoms with Crippen molar-refractivity contribution in [3.05, 3.63) is 72.7 Å². The van der Waals surface area contributed by atoms with E-state index >= 15 is 0 Å². The number of hydrogen-bond acceptors (Lipinski definition) is 5. The molecule has 0 aliphatic rings. The number of nitrogens with one attached hydrogen (secondary N) is 1. The molecular formula is C19H15N5O2. The zero-order valence-corrected chi connectivity index (χ0v) is 13.7. The Bertz CT molecular complexity index is 1080. The molecule has 2 N–H and O–H groups in total. The van der Waals surface area contributed by atoms with Crippen molar-refractivity contribution >= 4 is 22.9 Å². The summed E-state index contributed by atoms with van der Waals surface area (Å²) in [5.41, 5.74) is 4.21. The van der Waals surface area contributed by atoms with E-state index in [0.717, 1.165) is 21.3 Å². The second-order valence-corrected chi connectivity index (χ2v) is 5.75. The monoisotopic (exact) mass is 345 g/mol. The zero-order valence-electron chi connectivity index (χ0n) is 13.7. The van der Waals surface area contributed by atoms with E-state index in [2.05, 4.69) is 20.4 Å². The molecule has 0 fully saturated rings. The van der Waals surface area contributed by atoms with Crippen LogP contribution in [0.2, 0.25) is 0 Å². The first-order chi connectivity index (χ1) is 12.7. The SMILES string of the molecule is O=C(O)n1cc(-c2ccc3nc(NCc4ccccc4)cnc3c2)cn1. The molecule has 4 rings (SSSR count). The summed E-state index contributed by atoms with van der Waals surface area (Å²) < 4.78 is 0.877. The first-order valence-corrected chi connectivity index (χ1v) is 8.02. The highest BCUT2D eigenvalue weighted by Gasteiger charge is 2.08. The van der Waals surface area contributed by atoms with Gasteiger partial charge in [-0.1, -0.05) is 36.4 Å². The van der Waals surface area contributed by atoms with Crippen molar-refractivity contribution in [3.8, 4) is 11.1 Å². The average molecular weight is 345 g/mol. The van der Waals surface area contributed by atoms with E-state index in [1.807, 2.05) is 48.5 Å². The summed E-state index contributed by atoms with van der Waals surface area (Å²) in [5, 5.41) is 16.0. The number of carboxylic acid groups (broad SMARTS) is 1. The predicted octanol–water partition coefficient (Wildman–Crippen LogP) is 3.63. The molecule has 4 aromatic rings. The summed E-state index contributed by atoms with van der Waals surface area (Å²) in [4.78, 5) is 20.0. The van der Waals surface area contributed by atoms with Crippen LogP contribution in [0, 0.1) is 0 Å². The van der Waals surface area contributed by atoms with Crippen LogP contribution in [0.15, 0.2) is 67.1 Å². The van der Waals surface area contributed by atoms with Crippen molar-refractivity contribution in [3.63, 3.8) is 0 Å². The number of nitrogens with zero attached hydrogens (tertiary/aromatic N) is 4. The van der Waals surface area contributed by atoms with Gasteiger partial charge >= 0.3 is 6.09 Å². The van der Waals surface area contributed by atoms with Crippen LogP contribution in [0.3, 0.4) is 0 Å². The largest absolute Gasteiger partial charge is 0.463 e. The number of hydrogen-bond donors (Lipinski definition) is 2. The van der Waals surface area contributed by atoms with Gasteiger partial charge in [-0.25, -0.2) is 9.78 Å². The van der Waals surface area contributed by atoms with E-state index in [1.165, 1.54) is 18.0 Å². The topological polar surface area (TPSA) is 92.9 Å². The third kappa shape index (κ3) is 3.23. The van der Waals surface area contributed by atoms with Crippen LogP contribution in [0.25, 0.3) is 22.2 Å². The highest BCUT2D eigenvalue weighted by atomic mass is 16.4. The van der Waals surface area contributed by atoms with Gasteiger partial charge < -0.3 is 10.4 Å². The Hall–Kier alpha value is -3.74. The first-order valence-electron chi connectivity index (χ1n) is 8.02. The highest BCUT2D eigenvalue weighted by molar-refractivity contribution is 5.82. The van der Waals surface area contributed by atoms with Gasteiger partial charge in [0.25, 0.3) is 0 Å². The van der Waals surface area contributed by atoms with Gasteiger partial charge in [-0.3, -0.25) is 4.98 Å². The molecule has 0 unspecified atom stereocenters. The molecule has 7 nitrogen and oxygen atoms in total.